The third kappa shape index (κ3) is 2.31. The Morgan fingerprint density at radius 1 is 1.18 bits per heavy atom. The van der Waals surface area contributed by atoms with Gasteiger partial charge in [0.2, 0.25) is 5.91 Å². The summed E-state index contributed by atoms with van der Waals surface area (Å²) < 4.78 is 0. The van der Waals surface area contributed by atoms with Crippen LogP contribution in [0.5, 0.6) is 0 Å². The van der Waals surface area contributed by atoms with Crippen molar-refractivity contribution in [2.75, 3.05) is 0 Å². The maximum absolute atomic E-state index is 11.8. The minimum Gasteiger partial charge on any atom is -0.481 e. The Morgan fingerprint density at radius 2 is 1.82 bits per heavy atom. The van der Waals surface area contributed by atoms with E-state index in [-0.39, 0.29) is 23.3 Å². The monoisotopic (exact) mass is 239 g/mol. The Hall–Kier alpha value is -1.06. The first-order valence-electron chi connectivity index (χ1n) is 6.33. The number of fused-ring (bicyclic) bond motifs is 1. The molecule has 4 nitrogen and oxygen atoms in total. The molecule has 2 aliphatic carbocycles. The van der Waals surface area contributed by atoms with Crippen molar-refractivity contribution in [1.29, 1.82) is 0 Å². The Kier molecular flexibility index (Phi) is 2.92. The fourth-order valence-corrected chi connectivity index (χ4v) is 2.98. The quantitative estimate of drug-likeness (QED) is 0.770. The van der Waals surface area contributed by atoms with Crippen LogP contribution in [0, 0.1) is 23.2 Å². The van der Waals surface area contributed by atoms with Gasteiger partial charge in [-0.1, -0.05) is 20.8 Å². The van der Waals surface area contributed by atoms with Crippen molar-refractivity contribution in [3.8, 4) is 0 Å². The number of amides is 1. The van der Waals surface area contributed by atoms with Gasteiger partial charge in [0.1, 0.15) is 0 Å². The van der Waals surface area contributed by atoms with Crippen LogP contribution < -0.4 is 5.32 Å². The number of hydrogen-bond donors (Lipinski definition) is 2. The van der Waals surface area contributed by atoms with Gasteiger partial charge in [0, 0.05) is 11.5 Å². The number of aliphatic carboxylic acids is 1. The highest BCUT2D eigenvalue weighted by molar-refractivity contribution is 5.81. The highest BCUT2D eigenvalue weighted by Crippen LogP contribution is 2.49. The van der Waals surface area contributed by atoms with Crippen molar-refractivity contribution in [2.24, 2.45) is 23.2 Å². The maximum Gasteiger partial charge on any atom is 0.306 e. The predicted molar refractivity (Wildman–Crippen MR) is 63.3 cm³/mol. The topological polar surface area (TPSA) is 66.4 Å². The summed E-state index contributed by atoms with van der Waals surface area (Å²) in [6, 6.07) is 0.205. The Balaban J connectivity index is 1.88. The average molecular weight is 239 g/mol. The van der Waals surface area contributed by atoms with E-state index in [9.17, 15) is 9.59 Å². The third-order valence-corrected chi connectivity index (χ3v) is 4.17. The molecule has 2 N–H and O–H groups in total. The second-order valence-electron chi connectivity index (χ2n) is 6.50. The van der Waals surface area contributed by atoms with Gasteiger partial charge >= 0.3 is 5.97 Å². The zero-order valence-electron chi connectivity index (χ0n) is 10.7. The summed E-state index contributed by atoms with van der Waals surface area (Å²) >= 11 is 0. The maximum atomic E-state index is 11.8. The van der Waals surface area contributed by atoms with Gasteiger partial charge in [-0.25, -0.2) is 0 Å². The molecule has 4 atom stereocenters. The number of hydrogen-bond acceptors (Lipinski definition) is 2. The highest BCUT2D eigenvalue weighted by atomic mass is 16.4. The molecule has 17 heavy (non-hydrogen) atoms. The third-order valence-electron chi connectivity index (χ3n) is 4.17. The molecule has 0 radical (unpaired) electrons. The summed E-state index contributed by atoms with van der Waals surface area (Å²) in [5, 5.41) is 12.0. The lowest BCUT2D eigenvalue weighted by Crippen LogP contribution is -2.52. The van der Waals surface area contributed by atoms with Crippen molar-refractivity contribution in [1.82, 2.24) is 5.32 Å². The van der Waals surface area contributed by atoms with Crippen LogP contribution >= 0.6 is 0 Å². The van der Waals surface area contributed by atoms with Crippen molar-refractivity contribution in [3.63, 3.8) is 0 Å². The van der Waals surface area contributed by atoms with E-state index >= 15 is 0 Å². The van der Waals surface area contributed by atoms with Gasteiger partial charge < -0.3 is 10.4 Å². The number of rotatable bonds is 2. The van der Waals surface area contributed by atoms with Crippen molar-refractivity contribution in [2.45, 2.75) is 46.1 Å². The van der Waals surface area contributed by atoms with Gasteiger partial charge in [-0.3, -0.25) is 9.59 Å². The highest BCUT2D eigenvalue weighted by Gasteiger charge is 2.50. The summed E-state index contributed by atoms with van der Waals surface area (Å²) in [4.78, 5) is 22.8. The molecule has 0 spiro atoms. The summed E-state index contributed by atoms with van der Waals surface area (Å²) in [7, 11) is 0. The van der Waals surface area contributed by atoms with Crippen molar-refractivity contribution < 1.29 is 14.7 Å². The van der Waals surface area contributed by atoms with Gasteiger partial charge in [-0.2, -0.15) is 0 Å². The lowest BCUT2D eigenvalue weighted by atomic mass is 9.71. The van der Waals surface area contributed by atoms with Crippen LogP contribution in [0.1, 0.15) is 40.0 Å². The molecule has 4 unspecified atom stereocenters. The summed E-state index contributed by atoms with van der Waals surface area (Å²) in [5.41, 5.74) is -0.365. The van der Waals surface area contributed by atoms with E-state index in [1.807, 2.05) is 20.8 Å². The molecule has 2 fully saturated rings. The molecule has 2 rings (SSSR count). The zero-order valence-corrected chi connectivity index (χ0v) is 10.7. The molecule has 0 aromatic rings. The number of carbonyl (C=O) groups is 2. The second kappa shape index (κ2) is 4.00. The van der Waals surface area contributed by atoms with Gasteiger partial charge in [-0.15, -0.1) is 0 Å². The smallest absolute Gasteiger partial charge is 0.306 e. The molecule has 0 aromatic heterocycles. The first-order valence-corrected chi connectivity index (χ1v) is 6.33. The fraction of sp³-hybridized carbons (Fsp3) is 0.846. The lowest BCUT2D eigenvalue weighted by Gasteiger charge is -2.42. The number of carboxylic acid groups (broad SMARTS) is 1. The van der Waals surface area contributed by atoms with E-state index in [4.69, 9.17) is 5.11 Å². The SMILES string of the molecule is CC(C)(C)C(=O)NC1CC2CC(C(=O)O)CC21. The Bertz CT molecular complexity index is 345. The number of carboxylic acids is 1. The van der Waals surface area contributed by atoms with Crippen LogP contribution in [0.3, 0.4) is 0 Å². The van der Waals surface area contributed by atoms with Gasteiger partial charge in [-0.05, 0) is 31.1 Å². The van der Waals surface area contributed by atoms with Crippen LogP contribution in [0.4, 0.5) is 0 Å². The van der Waals surface area contributed by atoms with E-state index < -0.39 is 5.97 Å². The molecular weight excluding hydrogens is 218 g/mol. The molecule has 0 aromatic carbocycles. The van der Waals surface area contributed by atoms with E-state index in [0.29, 0.717) is 11.8 Å². The molecule has 1 amide bonds. The first kappa shape index (κ1) is 12.4. The predicted octanol–water partition coefficient (Wildman–Crippen LogP) is 1.65. The fourth-order valence-electron chi connectivity index (χ4n) is 2.98. The van der Waals surface area contributed by atoms with E-state index in [1.165, 1.54) is 0 Å². The van der Waals surface area contributed by atoms with Crippen LogP contribution in [0.2, 0.25) is 0 Å². The molecule has 0 bridgehead atoms. The molecule has 0 saturated heterocycles. The van der Waals surface area contributed by atoms with E-state index in [1.54, 1.807) is 0 Å². The average Bonchev–Trinajstić information content (AvgIpc) is 2.50. The molecule has 2 saturated carbocycles. The molecule has 0 heterocycles. The van der Waals surface area contributed by atoms with E-state index in [0.717, 1.165) is 19.3 Å². The number of carbonyl (C=O) groups excluding carboxylic acids is 1. The Labute approximate surface area is 102 Å². The number of nitrogens with one attached hydrogen (secondary N) is 1. The van der Waals surface area contributed by atoms with Crippen LogP contribution in [0.25, 0.3) is 0 Å². The molecular formula is C13H21NO3. The minimum absolute atomic E-state index is 0.0692. The van der Waals surface area contributed by atoms with Gasteiger partial charge in [0.25, 0.3) is 0 Å². The summed E-state index contributed by atoms with van der Waals surface area (Å²) in [6.07, 6.45) is 2.48. The normalized spacial score (nSPS) is 35.9. The largest absolute Gasteiger partial charge is 0.481 e. The molecule has 2 aliphatic rings. The van der Waals surface area contributed by atoms with Crippen molar-refractivity contribution in [3.05, 3.63) is 0 Å². The van der Waals surface area contributed by atoms with E-state index in [2.05, 4.69) is 5.32 Å². The van der Waals surface area contributed by atoms with Crippen LogP contribution in [-0.2, 0) is 9.59 Å². The lowest BCUT2D eigenvalue weighted by molar-refractivity contribution is -0.141. The minimum atomic E-state index is -0.680. The second-order valence-corrected chi connectivity index (χ2v) is 6.50. The molecule has 4 heteroatoms. The molecule has 96 valence electrons. The van der Waals surface area contributed by atoms with Crippen LogP contribution in [-0.4, -0.2) is 23.0 Å². The summed E-state index contributed by atoms with van der Waals surface area (Å²) in [6.45, 7) is 5.69. The van der Waals surface area contributed by atoms with Crippen molar-refractivity contribution >= 4 is 11.9 Å². The Morgan fingerprint density at radius 3 is 2.35 bits per heavy atom. The van der Waals surface area contributed by atoms with Crippen LogP contribution in [0.15, 0.2) is 0 Å². The summed E-state index contributed by atoms with van der Waals surface area (Å²) in [5.74, 6) is 0.102. The standard InChI is InChI=1S/C13H21NO3/c1-13(2,3)12(17)14-10-6-7-4-8(11(15)16)5-9(7)10/h7-10H,4-6H2,1-3H3,(H,14,17)(H,15,16). The van der Waals surface area contributed by atoms with Gasteiger partial charge in [0.15, 0.2) is 0 Å². The first-order chi connectivity index (χ1) is 7.79. The zero-order chi connectivity index (χ0) is 12.8. The molecule has 0 aliphatic heterocycles. The van der Waals surface area contributed by atoms with Gasteiger partial charge in [0.05, 0.1) is 5.92 Å².